The second-order valence-electron chi connectivity index (χ2n) is 7.19. The molecule has 1 saturated heterocycles. The van der Waals surface area contributed by atoms with Crippen LogP contribution in [0.25, 0.3) is 0 Å². The van der Waals surface area contributed by atoms with Crippen LogP contribution >= 0.6 is 15.9 Å². The van der Waals surface area contributed by atoms with Gasteiger partial charge < -0.3 is 10.1 Å². The summed E-state index contributed by atoms with van der Waals surface area (Å²) in [4.78, 5) is 17.0. The Morgan fingerprint density at radius 3 is 2.84 bits per heavy atom. The van der Waals surface area contributed by atoms with Gasteiger partial charge in [-0.3, -0.25) is 10.2 Å². The Kier molecular flexibility index (Phi) is 6.30. The van der Waals surface area contributed by atoms with E-state index in [1.54, 1.807) is 6.20 Å². The van der Waals surface area contributed by atoms with Gasteiger partial charge in [-0.1, -0.05) is 35.8 Å². The van der Waals surface area contributed by atoms with Crippen LogP contribution in [-0.2, 0) is 11.3 Å². The van der Waals surface area contributed by atoms with Gasteiger partial charge in [0, 0.05) is 24.3 Å². The van der Waals surface area contributed by atoms with Gasteiger partial charge in [0.1, 0.15) is 12.1 Å². The van der Waals surface area contributed by atoms with Crippen LogP contribution in [0.1, 0.15) is 45.1 Å². The number of alkyl halides is 1. The molecule has 138 valence electrons. The first-order chi connectivity index (χ1) is 12.1. The topological polar surface area (TPSA) is 75.3 Å². The monoisotopic (exact) mass is 410 g/mol. The average molecular weight is 411 g/mol. The van der Waals surface area contributed by atoms with E-state index in [1.165, 1.54) is 12.8 Å². The lowest BCUT2D eigenvalue weighted by Crippen LogP contribution is -2.45. The summed E-state index contributed by atoms with van der Waals surface area (Å²) in [5.41, 5.74) is 7.21. The second-order valence-corrected chi connectivity index (χ2v) is 8.25. The molecule has 2 heterocycles. The van der Waals surface area contributed by atoms with Crippen LogP contribution in [-0.4, -0.2) is 33.9 Å². The van der Waals surface area contributed by atoms with Crippen LogP contribution in [0.4, 0.5) is 0 Å². The number of rotatable bonds is 6. The van der Waals surface area contributed by atoms with Crippen molar-refractivity contribution in [2.24, 2.45) is 5.92 Å². The standard InChI is InChI=1S/C18H27BrN4O2/c1-11(2)15-14(19)16(23-22-15)17(24)21-10-12-6-5-9-20-18(12)25-13-7-3-4-8-13/h5-6,9,11,13-16,22-23H,3-4,7-8,10H2,1-2H3,(H,21,24). The molecule has 6 nitrogen and oxygen atoms in total. The van der Waals surface area contributed by atoms with Crippen molar-refractivity contribution in [3.63, 3.8) is 0 Å². The quantitative estimate of drug-likeness (QED) is 0.627. The fourth-order valence-corrected chi connectivity index (χ4v) is 4.53. The van der Waals surface area contributed by atoms with Crippen molar-refractivity contribution in [3.8, 4) is 5.88 Å². The minimum absolute atomic E-state index is 0.0341. The summed E-state index contributed by atoms with van der Waals surface area (Å²) >= 11 is 3.65. The molecule has 0 bridgehead atoms. The number of amides is 1. The SMILES string of the molecule is CC(C)C1NNC(C(=O)NCc2cccnc2OC2CCCC2)C1Br. The van der Waals surface area contributed by atoms with Crippen molar-refractivity contribution in [2.45, 2.75) is 69.1 Å². The Balaban J connectivity index is 1.57. The normalized spacial score (nSPS) is 27.0. The number of hydrazine groups is 1. The van der Waals surface area contributed by atoms with Crippen molar-refractivity contribution >= 4 is 21.8 Å². The van der Waals surface area contributed by atoms with E-state index in [0.29, 0.717) is 18.3 Å². The minimum Gasteiger partial charge on any atom is -0.474 e. The Morgan fingerprint density at radius 1 is 1.40 bits per heavy atom. The van der Waals surface area contributed by atoms with E-state index in [2.05, 4.69) is 50.9 Å². The maximum absolute atomic E-state index is 12.5. The maximum atomic E-state index is 12.5. The molecule has 1 aliphatic heterocycles. The Morgan fingerprint density at radius 2 is 2.16 bits per heavy atom. The van der Waals surface area contributed by atoms with Crippen molar-refractivity contribution in [2.75, 3.05) is 0 Å². The number of nitrogens with one attached hydrogen (secondary N) is 3. The summed E-state index contributed by atoms with van der Waals surface area (Å²) in [5, 5.41) is 3.00. The minimum atomic E-state index is -0.303. The molecule has 0 aromatic carbocycles. The van der Waals surface area contributed by atoms with Crippen molar-refractivity contribution in [3.05, 3.63) is 23.9 Å². The molecule has 3 N–H and O–H groups in total. The number of hydrogen-bond donors (Lipinski definition) is 3. The third-order valence-electron chi connectivity index (χ3n) is 4.95. The highest BCUT2D eigenvalue weighted by atomic mass is 79.9. The molecule has 1 aromatic rings. The van der Waals surface area contributed by atoms with Crippen LogP contribution < -0.4 is 20.9 Å². The molecule has 1 saturated carbocycles. The Labute approximate surface area is 157 Å². The summed E-state index contributed by atoms with van der Waals surface area (Å²) in [6, 6.07) is 3.75. The zero-order valence-electron chi connectivity index (χ0n) is 14.8. The Bertz CT molecular complexity index is 592. The first-order valence-corrected chi connectivity index (χ1v) is 10.0. The molecule has 0 radical (unpaired) electrons. The fraction of sp³-hybridized carbons (Fsp3) is 0.667. The maximum Gasteiger partial charge on any atom is 0.239 e. The molecular formula is C18H27BrN4O2. The van der Waals surface area contributed by atoms with Crippen LogP contribution in [0.2, 0.25) is 0 Å². The van der Waals surface area contributed by atoms with E-state index < -0.39 is 0 Å². The lowest BCUT2D eigenvalue weighted by atomic mass is 9.99. The van der Waals surface area contributed by atoms with Gasteiger partial charge in [-0.15, -0.1) is 0 Å². The van der Waals surface area contributed by atoms with Gasteiger partial charge in [0.25, 0.3) is 0 Å². The zero-order chi connectivity index (χ0) is 17.8. The molecule has 3 unspecified atom stereocenters. The van der Waals surface area contributed by atoms with Crippen LogP contribution in [0.5, 0.6) is 5.88 Å². The number of aromatic nitrogens is 1. The molecule has 25 heavy (non-hydrogen) atoms. The van der Waals surface area contributed by atoms with E-state index in [1.807, 2.05) is 12.1 Å². The second kappa shape index (κ2) is 8.47. The molecule has 2 aliphatic rings. The average Bonchev–Trinajstić information content (AvgIpc) is 3.23. The van der Waals surface area contributed by atoms with Crippen LogP contribution in [0.3, 0.4) is 0 Å². The van der Waals surface area contributed by atoms with E-state index in [-0.39, 0.29) is 28.9 Å². The molecule has 3 atom stereocenters. The fourth-order valence-electron chi connectivity index (χ4n) is 3.42. The molecule has 7 heteroatoms. The summed E-state index contributed by atoms with van der Waals surface area (Å²) < 4.78 is 6.03. The van der Waals surface area contributed by atoms with Gasteiger partial charge >= 0.3 is 0 Å². The molecule has 1 amide bonds. The van der Waals surface area contributed by atoms with E-state index >= 15 is 0 Å². The number of carbonyl (C=O) groups excluding carboxylic acids is 1. The number of halogens is 1. The van der Waals surface area contributed by atoms with Crippen molar-refractivity contribution in [1.82, 2.24) is 21.2 Å². The summed E-state index contributed by atoms with van der Waals surface area (Å²) in [7, 11) is 0. The summed E-state index contributed by atoms with van der Waals surface area (Å²) in [5.74, 6) is 1.04. The number of hydrogen-bond acceptors (Lipinski definition) is 5. The van der Waals surface area contributed by atoms with Gasteiger partial charge in [-0.2, -0.15) is 0 Å². The van der Waals surface area contributed by atoms with Crippen molar-refractivity contribution < 1.29 is 9.53 Å². The largest absolute Gasteiger partial charge is 0.474 e. The third-order valence-corrected chi connectivity index (χ3v) is 6.05. The third kappa shape index (κ3) is 4.51. The molecule has 3 rings (SSSR count). The smallest absolute Gasteiger partial charge is 0.239 e. The van der Waals surface area contributed by atoms with E-state index in [9.17, 15) is 4.79 Å². The molecular weight excluding hydrogens is 384 g/mol. The highest BCUT2D eigenvalue weighted by molar-refractivity contribution is 9.09. The summed E-state index contributed by atoms with van der Waals surface area (Å²) in [6.45, 7) is 4.69. The van der Waals surface area contributed by atoms with Gasteiger partial charge in [0.05, 0.1) is 4.83 Å². The van der Waals surface area contributed by atoms with Crippen molar-refractivity contribution in [1.29, 1.82) is 0 Å². The number of ether oxygens (including phenoxy) is 1. The van der Waals surface area contributed by atoms with Crippen LogP contribution in [0.15, 0.2) is 18.3 Å². The van der Waals surface area contributed by atoms with Gasteiger partial charge in [-0.25, -0.2) is 10.4 Å². The van der Waals surface area contributed by atoms with Gasteiger partial charge in [-0.05, 0) is 37.7 Å². The zero-order valence-corrected chi connectivity index (χ0v) is 16.4. The predicted molar refractivity (Wildman–Crippen MR) is 100 cm³/mol. The van der Waals surface area contributed by atoms with Gasteiger partial charge in [0.2, 0.25) is 11.8 Å². The highest BCUT2D eigenvalue weighted by Crippen LogP contribution is 2.25. The number of pyridine rings is 1. The van der Waals surface area contributed by atoms with E-state index in [4.69, 9.17) is 4.74 Å². The van der Waals surface area contributed by atoms with Gasteiger partial charge in [0.15, 0.2) is 0 Å². The van der Waals surface area contributed by atoms with Crippen LogP contribution in [0, 0.1) is 5.92 Å². The summed E-state index contributed by atoms with van der Waals surface area (Å²) in [6.07, 6.45) is 6.59. The molecule has 0 spiro atoms. The lowest BCUT2D eigenvalue weighted by Gasteiger charge is -2.20. The van der Waals surface area contributed by atoms with E-state index in [0.717, 1.165) is 18.4 Å². The first kappa shape index (κ1) is 18.6. The molecule has 2 fully saturated rings. The Hall–Kier alpha value is -1.18. The molecule has 1 aliphatic carbocycles. The number of nitrogens with zero attached hydrogens (tertiary/aromatic N) is 1. The first-order valence-electron chi connectivity index (χ1n) is 9.09. The predicted octanol–water partition coefficient (Wildman–Crippen LogP) is 2.28. The molecule has 1 aromatic heterocycles. The number of carbonyl (C=O) groups is 1. The lowest BCUT2D eigenvalue weighted by molar-refractivity contribution is -0.122. The highest BCUT2D eigenvalue weighted by Gasteiger charge is 2.39.